The molecule has 0 fully saturated rings. The summed E-state index contributed by atoms with van der Waals surface area (Å²) in [5, 5.41) is 0.155. The Morgan fingerprint density at radius 2 is 2.23 bits per heavy atom. The highest BCUT2D eigenvalue weighted by Crippen LogP contribution is 2.23. The average Bonchev–Trinajstić information content (AvgIpc) is 2.11. The summed E-state index contributed by atoms with van der Waals surface area (Å²) in [7, 11) is 0. The van der Waals surface area contributed by atoms with Crippen molar-refractivity contribution in [1.29, 1.82) is 0 Å². The summed E-state index contributed by atoms with van der Waals surface area (Å²) in [4.78, 5) is 10.3. The molecule has 0 aliphatic carbocycles. The van der Waals surface area contributed by atoms with Crippen molar-refractivity contribution < 1.29 is 4.79 Å². The maximum Gasteiger partial charge on any atom is 0.138 e. The molecule has 1 atom stereocenters. The first-order valence-corrected chi connectivity index (χ1v) is 5.27. The van der Waals surface area contributed by atoms with E-state index in [1.54, 1.807) is 12.1 Å². The second-order valence-corrected chi connectivity index (χ2v) is 4.44. The number of halogens is 3. The second kappa shape index (κ2) is 4.99. The standard InChI is InChI=1S/C9H7BrCl2O/c10-9-2-1-7(11)3-6(9)4-8(12)5-13/h1-3,5,8H,4H2. The van der Waals surface area contributed by atoms with Crippen molar-refractivity contribution in [3.63, 3.8) is 0 Å². The van der Waals surface area contributed by atoms with Crippen LogP contribution >= 0.6 is 39.1 Å². The fraction of sp³-hybridized carbons (Fsp3) is 0.222. The smallest absolute Gasteiger partial charge is 0.138 e. The highest BCUT2D eigenvalue weighted by molar-refractivity contribution is 9.10. The summed E-state index contributed by atoms with van der Waals surface area (Å²) in [6.45, 7) is 0. The van der Waals surface area contributed by atoms with Crippen LogP contribution in [0.5, 0.6) is 0 Å². The first kappa shape index (κ1) is 11.0. The van der Waals surface area contributed by atoms with Crippen molar-refractivity contribution in [3.8, 4) is 0 Å². The normalized spacial score (nSPS) is 12.5. The minimum Gasteiger partial charge on any atom is -0.302 e. The van der Waals surface area contributed by atoms with Crippen molar-refractivity contribution in [2.45, 2.75) is 11.8 Å². The number of hydrogen-bond acceptors (Lipinski definition) is 1. The first-order valence-electron chi connectivity index (χ1n) is 3.67. The number of carbonyl (C=O) groups is 1. The van der Waals surface area contributed by atoms with Gasteiger partial charge in [0.05, 0.1) is 5.38 Å². The number of hydrogen-bond donors (Lipinski definition) is 0. The zero-order valence-electron chi connectivity index (χ0n) is 6.64. The van der Waals surface area contributed by atoms with Gasteiger partial charge in [-0.15, -0.1) is 11.6 Å². The molecule has 0 aliphatic heterocycles. The van der Waals surface area contributed by atoms with Crippen LogP contribution < -0.4 is 0 Å². The van der Waals surface area contributed by atoms with E-state index < -0.39 is 5.38 Å². The molecule has 0 radical (unpaired) electrons. The average molecular weight is 282 g/mol. The fourth-order valence-electron chi connectivity index (χ4n) is 0.958. The van der Waals surface area contributed by atoms with Crippen LogP contribution in [0.4, 0.5) is 0 Å². The first-order chi connectivity index (χ1) is 6.13. The molecule has 0 heterocycles. The molecule has 1 rings (SSSR count). The molecule has 0 saturated carbocycles. The lowest BCUT2D eigenvalue weighted by molar-refractivity contribution is -0.107. The highest BCUT2D eigenvalue weighted by atomic mass is 79.9. The molecule has 0 aromatic heterocycles. The van der Waals surface area contributed by atoms with Crippen molar-refractivity contribution >= 4 is 45.4 Å². The topological polar surface area (TPSA) is 17.1 Å². The zero-order chi connectivity index (χ0) is 9.84. The number of aldehydes is 1. The lowest BCUT2D eigenvalue weighted by Crippen LogP contribution is -2.04. The molecule has 1 nitrogen and oxygen atoms in total. The Morgan fingerprint density at radius 3 is 2.85 bits per heavy atom. The third-order valence-electron chi connectivity index (χ3n) is 1.57. The summed E-state index contributed by atoms with van der Waals surface area (Å²) in [6.07, 6.45) is 1.21. The molecule has 4 heteroatoms. The van der Waals surface area contributed by atoms with Gasteiger partial charge in [-0.3, -0.25) is 0 Å². The third kappa shape index (κ3) is 3.29. The summed E-state index contributed by atoms with van der Waals surface area (Å²) < 4.78 is 0.921. The van der Waals surface area contributed by atoms with Gasteiger partial charge >= 0.3 is 0 Å². The van der Waals surface area contributed by atoms with Crippen molar-refractivity contribution in [2.24, 2.45) is 0 Å². The van der Waals surface area contributed by atoms with E-state index in [0.717, 1.165) is 16.3 Å². The second-order valence-electron chi connectivity index (χ2n) is 2.59. The maximum atomic E-state index is 10.3. The molecule has 0 aliphatic rings. The van der Waals surface area contributed by atoms with Crippen LogP contribution in [0.25, 0.3) is 0 Å². The van der Waals surface area contributed by atoms with Crippen molar-refractivity contribution in [2.75, 3.05) is 0 Å². The molecule has 13 heavy (non-hydrogen) atoms. The Morgan fingerprint density at radius 1 is 1.54 bits per heavy atom. The SMILES string of the molecule is O=CC(Cl)Cc1cc(Cl)ccc1Br. The van der Waals surface area contributed by atoms with Crippen LogP contribution in [-0.4, -0.2) is 11.7 Å². The molecule has 1 aromatic carbocycles. The van der Waals surface area contributed by atoms with E-state index in [1.807, 2.05) is 6.07 Å². The number of benzene rings is 1. The molecule has 1 unspecified atom stereocenters. The summed E-state index contributed by atoms with van der Waals surface area (Å²) >= 11 is 14.8. The summed E-state index contributed by atoms with van der Waals surface area (Å²) in [5.41, 5.74) is 0.944. The Balaban J connectivity index is 2.86. The van der Waals surface area contributed by atoms with Gasteiger partial charge in [0, 0.05) is 9.50 Å². The third-order valence-corrected chi connectivity index (χ3v) is 2.84. The summed E-state index contributed by atoms with van der Waals surface area (Å²) in [5.74, 6) is 0. The van der Waals surface area contributed by atoms with Gasteiger partial charge in [-0.1, -0.05) is 27.5 Å². The molecule has 1 aromatic rings. The van der Waals surface area contributed by atoms with Gasteiger partial charge in [0.15, 0.2) is 0 Å². The molecular weight excluding hydrogens is 275 g/mol. The van der Waals surface area contributed by atoms with Crippen LogP contribution in [-0.2, 0) is 11.2 Å². The Hall–Kier alpha value is -0.0500. The number of alkyl halides is 1. The molecule has 0 spiro atoms. The Labute approximate surface area is 95.2 Å². The molecular formula is C9H7BrCl2O. The van der Waals surface area contributed by atoms with E-state index in [-0.39, 0.29) is 0 Å². The van der Waals surface area contributed by atoms with Crippen LogP contribution in [0.2, 0.25) is 5.02 Å². The summed E-state index contributed by atoms with van der Waals surface area (Å²) in [6, 6.07) is 5.41. The Bertz CT molecular complexity index is 314. The van der Waals surface area contributed by atoms with Crippen molar-refractivity contribution in [3.05, 3.63) is 33.3 Å². The van der Waals surface area contributed by atoms with Gasteiger partial charge in [-0.2, -0.15) is 0 Å². The zero-order valence-corrected chi connectivity index (χ0v) is 9.73. The van der Waals surface area contributed by atoms with Gasteiger partial charge in [0.1, 0.15) is 6.29 Å². The maximum absolute atomic E-state index is 10.3. The lowest BCUT2D eigenvalue weighted by Gasteiger charge is -2.05. The monoisotopic (exact) mass is 280 g/mol. The van der Waals surface area contributed by atoms with E-state index in [1.165, 1.54) is 0 Å². The minimum atomic E-state index is -0.491. The van der Waals surface area contributed by atoms with Crippen LogP contribution in [0.1, 0.15) is 5.56 Å². The van der Waals surface area contributed by atoms with Crippen LogP contribution in [0, 0.1) is 0 Å². The van der Waals surface area contributed by atoms with E-state index in [0.29, 0.717) is 11.4 Å². The quantitative estimate of drug-likeness (QED) is 0.613. The van der Waals surface area contributed by atoms with E-state index in [9.17, 15) is 4.79 Å². The molecule has 0 N–H and O–H groups in total. The minimum absolute atomic E-state index is 0.491. The molecule has 0 bridgehead atoms. The molecule has 0 saturated heterocycles. The predicted octanol–water partition coefficient (Wildman–Crippen LogP) is 3.45. The van der Waals surface area contributed by atoms with Crippen molar-refractivity contribution in [1.82, 2.24) is 0 Å². The van der Waals surface area contributed by atoms with E-state index >= 15 is 0 Å². The van der Waals surface area contributed by atoms with Crippen LogP contribution in [0.3, 0.4) is 0 Å². The van der Waals surface area contributed by atoms with Gasteiger partial charge in [-0.05, 0) is 30.2 Å². The van der Waals surface area contributed by atoms with E-state index in [4.69, 9.17) is 23.2 Å². The van der Waals surface area contributed by atoms with E-state index in [2.05, 4.69) is 15.9 Å². The van der Waals surface area contributed by atoms with Gasteiger partial charge in [0.2, 0.25) is 0 Å². The fourth-order valence-corrected chi connectivity index (χ4v) is 1.73. The number of carbonyl (C=O) groups excluding carboxylic acids is 1. The van der Waals surface area contributed by atoms with Gasteiger partial charge in [0.25, 0.3) is 0 Å². The van der Waals surface area contributed by atoms with Crippen LogP contribution in [0.15, 0.2) is 22.7 Å². The lowest BCUT2D eigenvalue weighted by atomic mass is 10.1. The predicted molar refractivity (Wildman–Crippen MR) is 58.6 cm³/mol. The largest absolute Gasteiger partial charge is 0.302 e. The molecule has 70 valence electrons. The molecule has 0 amide bonds. The highest BCUT2D eigenvalue weighted by Gasteiger charge is 2.07. The van der Waals surface area contributed by atoms with Gasteiger partial charge < -0.3 is 4.79 Å². The Kier molecular flexibility index (Phi) is 4.23. The number of rotatable bonds is 3. The van der Waals surface area contributed by atoms with Gasteiger partial charge in [-0.25, -0.2) is 0 Å².